The van der Waals surface area contributed by atoms with Crippen molar-refractivity contribution in [2.45, 2.75) is 19.3 Å². The minimum absolute atomic E-state index is 0.145. The third-order valence-electron chi connectivity index (χ3n) is 12.0. The van der Waals surface area contributed by atoms with Gasteiger partial charge in [-0.15, -0.1) is 0 Å². The summed E-state index contributed by atoms with van der Waals surface area (Å²) in [4.78, 5) is 4.76. The molecule has 0 saturated heterocycles. The third kappa shape index (κ3) is 5.35. The van der Waals surface area contributed by atoms with E-state index in [2.05, 4.69) is 230 Å². The van der Waals surface area contributed by atoms with E-state index in [-0.39, 0.29) is 5.41 Å². The van der Waals surface area contributed by atoms with Gasteiger partial charge in [-0.3, -0.25) is 0 Å². The molecular weight excluding hydrogens is 705 g/mol. The first-order valence-corrected chi connectivity index (χ1v) is 20.0. The van der Waals surface area contributed by atoms with Crippen LogP contribution in [0.25, 0.3) is 44.2 Å². The van der Waals surface area contributed by atoms with Crippen molar-refractivity contribution in [2.24, 2.45) is 0 Å². The summed E-state index contributed by atoms with van der Waals surface area (Å²) < 4.78 is 6.94. The zero-order valence-electron chi connectivity index (χ0n) is 32.4. The minimum atomic E-state index is -0.145. The van der Waals surface area contributed by atoms with E-state index in [1.807, 2.05) is 0 Å². The van der Waals surface area contributed by atoms with Gasteiger partial charge < -0.3 is 14.5 Å². The topological polar surface area (TPSA) is 15.7 Å². The maximum atomic E-state index is 6.94. The summed E-state index contributed by atoms with van der Waals surface area (Å²) in [6.45, 7) is 4.70. The number of para-hydroxylation sites is 2. The van der Waals surface area contributed by atoms with Crippen molar-refractivity contribution in [2.75, 3.05) is 9.80 Å². The van der Waals surface area contributed by atoms with Crippen LogP contribution in [0.2, 0.25) is 0 Å². The Morgan fingerprint density at radius 2 is 0.948 bits per heavy atom. The van der Waals surface area contributed by atoms with Crippen LogP contribution in [0.5, 0.6) is 11.5 Å². The number of ether oxygens (including phenoxy) is 1. The van der Waals surface area contributed by atoms with Crippen LogP contribution in [0.1, 0.15) is 25.0 Å². The average Bonchev–Trinajstić information content (AvgIpc) is 3.51. The molecule has 9 aromatic carbocycles. The number of nitrogens with zero attached hydrogens (tertiary/aromatic N) is 2. The van der Waals surface area contributed by atoms with Crippen LogP contribution in [0.3, 0.4) is 0 Å². The highest BCUT2D eigenvalue weighted by Crippen LogP contribution is 2.56. The Morgan fingerprint density at radius 3 is 1.69 bits per heavy atom. The normalized spacial score (nSPS) is 12.9. The molecule has 58 heavy (non-hydrogen) atoms. The van der Waals surface area contributed by atoms with E-state index >= 15 is 0 Å². The first-order valence-electron chi connectivity index (χ1n) is 20.0. The predicted molar refractivity (Wildman–Crippen MR) is 242 cm³/mol. The molecule has 1 heterocycles. The standard InChI is InChI=1S/C55H40N2O/c1-55(2)47-25-13-12-22-43(47)44-33-32-42(36-48(44)55)57(41-30-28-38(29-31-41)37-16-6-3-7-17-37)50-26-15-27-51-54(50)46-24-14-23-45-49(34-35-52(58-51)53(45)46)56(39-18-8-4-9-19-39)40-20-10-5-11-21-40/h3-36H,1-2H3. The third-order valence-corrected chi connectivity index (χ3v) is 12.0. The lowest BCUT2D eigenvalue weighted by atomic mass is 9.82. The first kappa shape index (κ1) is 33.9. The second-order valence-electron chi connectivity index (χ2n) is 15.7. The molecule has 0 aromatic heterocycles. The molecule has 2 aliphatic rings. The highest BCUT2D eigenvalue weighted by Gasteiger charge is 2.36. The monoisotopic (exact) mass is 744 g/mol. The molecule has 0 unspecified atom stereocenters. The van der Waals surface area contributed by atoms with Crippen LogP contribution in [0, 0.1) is 0 Å². The van der Waals surface area contributed by atoms with Crippen molar-refractivity contribution in [3.8, 4) is 44.9 Å². The molecule has 3 nitrogen and oxygen atoms in total. The van der Waals surface area contributed by atoms with Crippen molar-refractivity contribution in [3.63, 3.8) is 0 Å². The lowest BCUT2D eigenvalue weighted by Crippen LogP contribution is -2.17. The van der Waals surface area contributed by atoms with Gasteiger partial charge in [-0.05, 0) is 112 Å². The van der Waals surface area contributed by atoms with Gasteiger partial charge >= 0.3 is 0 Å². The SMILES string of the molecule is CC1(C)c2ccccc2-c2ccc(N(c3ccc(-c4ccccc4)cc3)c3cccc4c3-c3cccc5c(N(c6ccccc6)c6ccccc6)ccc(c35)O4)cc21. The fraction of sp³-hybridized carbons (Fsp3) is 0.0545. The van der Waals surface area contributed by atoms with Crippen LogP contribution >= 0.6 is 0 Å². The number of rotatable bonds is 7. The minimum Gasteiger partial charge on any atom is -0.456 e. The molecule has 0 fully saturated rings. The molecule has 0 N–H and O–H groups in total. The van der Waals surface area contributed by atoms with E-state index in [0.717, 1.165) is 67.5 Å². The summed E-state index contributed by atoms with van der Waals surface area (Å²) in [6, 6.07) is 74.1. The van der Waals surface area contributed by atoms with E-state index in [1.165, 1.54) is 33.4 Å². The molecule has 0 saturated carbocycles. The van der Waals surface area contributed by atoms with Crippen molar-refractivity contribution in [3.05, 3.63) is 217 Å². The van der Waals surface area contributed by atoms with Crippen LogP contribution < -0.4 is 14.5 Å². The summed E-state index contributed by atoms with van der Waals surface area (Å²) in [5.74, 6) is 1.70. The van der Waals surface area contributed by atoms with Gasteiger partial charge in [0, 0.05) is 44.5 Å². The highest BCUT2D eigenvalue weighted by atomic mass is 16.5. The van der Waals surface area contributed by atoms with Gasteiger partial charge in [0.2, 0.25) is 0 Å². The van der Waals surface area contributed by atoms with E-state index in [9.17, 15) is 0 Å². The fourth-order valence-corrected chi connectivity index (χ4v) is 9.30. The number of hydrogen-bond donors (Lipinski definition) is 0. The van der Waals surface area contributed by atoms with Gasteiger partial charge in [-0.1, -0.05) is 147 Å². The molecule has 0 spiro atoms. The Morgan fingerprint density at radius 1 is 0.379 bits per heavy atom. The molecule has 0 amide bonds. The largest absolute Gasteiger partial charge is 0.456 e. The lowest BCUT2D eigenvalue weighted by molar-refractivity contribution is 0.487. The Bertz CT molecular complexity index is 2950. The second kappa shape index (κ2) is 13.4. The molecule has 1 aliphatic heterocycles. The summed E-state index contributed by atoms with van der Waals surface area (Å²) in [7, 11) is 0. The highest BCUT2D eigenvalue weighted by molar-refractivity contribution is 6.13. The molecule has 0 atom stereocenters. The van der Waals surface area contributed by atoms with Crippen LogP contribution in [-0.4, -0.2) is 0 Å². The summed E-state index contributed by atoms with van der Waals surface area (Å²) in [5, 5.41) is 2.22. The average molecular weight is 745 g/mol. The number of fused-ring (bicyclic) bond motifs is 5. The summed E-state index contributed by atoms with van der Waals surface area (Å²) in [6.07, 6.45) is 0. The van der Waals surface area contributed by atoms with Gasteiger partial charge in [0.1, 0.15) is 11.5 Å². The summed E-state index contributed by atoms with van der Waals surface area (Å²) in [5.41, 5.74) is 16.3. The lowest BCUT2D eigenvalue weighted by Gasteiger charge is -2.33. The van der Waals surface area contributed by atoms with Crippen LogP contribution in [0.15, 0.2) is 206 Å². The van der Waals surface area contributed by atoms with E-state index < -0.39 is 0 Å². The van der Waals surface area contributed by atoms with Gasteiger partial charge in [-0.2, -0.15) is 0 Å². The molecule has 9 aromatic rings. The number of benzene rings is 9. The van der Waals surface area contributed by atoms with Crippen molar-refractivity contribution < 1.29 is 4.74 Å². The smallest absolute Gasteiger partial charge is 0.137 e. The number of hydrogen-bond acceptors (Lipinski definition) is 3. The molecule has 276 valence electrons. The van der Waals surface area contributed by atoms with Gasteiger partial charge in [0.15, 0.2) is 0 Å². The van der Waals surface area contributed by atoms with Gasteiger partial charge in [0.25, 0.3) is 0 Å². The predicted octanol–water partition coefficient (Wildman–Crippen LogP) is 15.5. The van der Waals surface area contributed by atoms with Crippen LogP contribution in [-0.2, 0) is 5.41 Å². The van der Waals surface area contributed by atoms with Gasteiger partial charge in [-0.25, -0.2) is 0 Å². The molecule has 0 bridgehead atoms. The van der Waals surface area contributed by atoms with Crippen LogP contribution in [0.4, 0.5) is 34.1 Å². The van der Waals surface area contributed by atoms with E-state index in [0.29, 0.717) is 0 Å². The maximum absolute atomic E-state index is 6.94. The maximum Gasteiger partial charge on any atom is 0.137 e. The number of anilines is 6. The fourth-order valence-electron chi connectivity index (χ4n) is 9.30. The molecular formula is C55H40N2O. The van der Waals surface area contributed by atoms with Crippen molar-refractivity contribution >= 4 is 44.9 Å². The molecule has 0 radical (unpaired) electrons. The molecule has 11 rings (SSSR count). The zero-order chi connectivity index (χ0) is 38.8. The second-order valence-corrected chi connectivity index (χ2v) is 15.7. The Hall–Kier alpha value is -7.36. The quantitative estimate of drug-likeness (QED) is 0.162. The van der Waals surface area contributed by atoms with E-state index in [4.69, 9.17) is 4.74 Å². The van der Waals surface area contributed by atoms with Crippen molar-refractivity contribution in [1.82, 2.24) is 0 Å². The first-order chi connectivity index (χ1) is 28.5. The Labute approximate surface area is 339 Å². The Balaban J connectivity index is 1.12. The zero-order valence-corrected chi connectivity index (χ0v) is 32.4. The van der Waals surface area contributed by atoms with Crippen molar-refractivity contribution in [1.29, 1.82) is 0 Å². The molecule has 1 aliphatic carbocycles. The Kier molecular flexibility index (Phi) is 7.84. The van der Waals surface area contributed by atoms with E-state index in [1.54, 1.807) is 0 Å². The summed E-state index contributed by atoms with van der Waals surface area (Å²) >= 11 is 0. The molecule has 3 heteroatoms. The van der Waals surface area contributed by atoms with Gasteiger partial charge in [0.05, 0.1) is 11.4 Å².